The molecule has 1 aliphatic carbocycles. The molecule has 8 nitrogen and oxygen atoms in total. The van der Waals surface area contributed by atoms with Gasteiger partial charge in [0.1, 0.15) is 17.0 Å². The summed E-state index contributed by atoms with van der Waals surface area (Å²) in [6.07, 6.45) is 4.87. The smallest absolute Gasteiger partial charge is 0.338 e. The molecule has 2 bridgehead atoms. The molecule has 8 rings (SSSR count). The monoisotopic (exact) mass is 643 g/mol. The number of esters is 1. The van der Waals surface area contributed by atoms with E-state index >= 15 is 4.39 Å². The molecule has 0 radical (unpaired) electrons. The van der Waals surface area contributed by atoms with Crippen LogP contribution >= 0.6 is 34.5 Å². The number of carbonyl (C=O) groups is 1. The van der Waals surface area contributed by atoms with E-state index in [1.165, 1.54) is 17.4 Å². The summed E-state index contributed by atoms with van der Waals surface area (Å²) in [6, 6.07) is 8.58. The van der Waals surface area contributed by atoms with Gasteiger partial charge in [0, 0.05) is 23.6 Å². The molecule has 3 unspecified atom stereocenters. The van der Waals surface area contributed by atoms with Crippen molar-refractivity contribution in [2.24, 2.45) is 0 Å². The number of aromatic nitrogens is 2. The minimum Gasteiger partial charge on any atom is -0.462 e. The number of fused-ring (bicyclic) bond motifs is 3. The SMILES string of the molecule is CCOC(=O)c1cc(F)c2nc(N3C4CCC3CC3(COC(c5c(-c6c(Cl)cccc6Cl)noc5C5CC5)O3)C4)sc2c1. The number of halogens is 3. The van der Waals surface area contributed by atoms with Gasteiger partial charge in [0.15, 0.2) is 17.2 Å². The molecule has 12 heteroatoms. The molecule has 0 N–H and O–H groups in total. The zero-order chi connectivity index (χ0) is 29.5. The van der Waals surface area contributed by atoms with Crippen LogP contribution in [-0.4, -0.2) is 47.0 Å². The van der Waals surface area contributed by atoms with Crippen LogP contribution in [0.4, 0.5) is 9.52 Å². The van der Waals surface area contributed by atoms with Gasteiger partial charge in [-0.2, -0.15) is 0 Å². The van der Waals surface area contributed by atoms with Crippen LogP contribution in [0.2, 0.25) is 10.0 Å². The van der Waals surface area contributed by atoms with E-state index < -0.39 is 23.7 Å². The van der Waals surface area contributed by atoms with Crippen molar-refractivity contribution >= 4 is 55.9 Å². The fourth-order valence-corrected chi connectivity index (χ4v) is 8.74. The summed E-state index contributed by atoms with van der Waals surface area (Å²) in [5.41, 5.74) is 1.96. The van der Waals surface area contributed by atoms with Crippen molar-refractivity contribution < 1.29 is 27.9 Å². The lowest BCUT2D eigenvalue weighted by Crippen LogP contribution is -2.52. The molecular weight excluding hydrogens is 616 g/mol. The maximum absolute atomic E-state index is 15.0. The molecule has 224 valence electrons. The van der Waals surface area contributed by atoms with Crippen LogP contribution < -0.4 is 4.90 Å². The molecule has 43 heavy (non-hydrogen) atoms. The first-order chi connectivity index (χ1) is 20.8. The summed E-state index contributed by atoms with van der Waals surface area (Å²) in [6.45, 7) is 2.40. The summed E-state index contributed by atoms with van der Waals surface area (Å²) in [4.78, 5) is 19.3. The van der Waals surface area contributed by atoms with Gasteiger partial charge in [-0.3, -0.25) is 0 Å². The van der Waals surface area contributed by atoms with E-state index in [0.717, 1.165) is 55.0 Å². The Morgan fingerprint density at radius 2 is 1.91 bits per heavy atom. The van der Waals surface area contributed by atoms with Crippen molar-refractivity contribution in [1.29, 1.82) is 0 Å². The first-order valence-corrected chi connectivity index (χ1v) is 16.2. The second kappa shape index (κ2) is 10.4. The molecule has 3 aliphatic heterocycles. The third kappa shape index (κ3) is 4.64. The fourth-order valence-electron chi connectivity index (χ4n) is 7.00. The van der Waals surface area contributed by atoms with Gasteiger partial charge >= 0.3 is 5.97 Å². The highest BCUT2D eigenvalue weighted by Gasteiger charge is 2.55. The zero-order valence-electron chi connectivity index (χ0n) is 23.3. The Balaban J connectivity index is 1.07. The van der Waals surface area contributed by atoms with E-state index in [1.54, 1.807) is 31.2 Å². The Hall–Kier alpha value is -2.76. The van der Waals surface area contributed by atoms with E-state index in [9.17, 15) is 4.79 Å². The number of ether oxygens (including phenoxy) is 3. The number of hydrogen-bond donors (Lipinski definition) is 0. The first kappa shape index (κ1) is 27.8. The van der Waals surface area contributed by atoms with Crippen molar-refractivity contribution in [2.45, 2.75) is 75.3 Å². The van der Waals surface area contributed by atoms with E-state index in [0.29, 0.717) is 32.6 Å². The third-order valence-electron chi connectivity index (χ3n) is 9.00. The largest absolute Gasteiger partial charge is 0.462 e. The average molecular weight is 645 g/mol. The quantitative estimate of drug-likeness (QED) is 0.195. The number of carbonyl (C=O) groups excluding carboxylic acids is 1. The number of hydrogen-bond acceptors (Lipinski definition) is 9. The number of anilines is 1. The third-order valence-corrected chi connectivity index (χ3v) is 10.6. The Labute approximate surface area is 261 Å². The highest BCUT2D eigenvalue weighted by Crippen LogP contribution is 2.54. The van der Waals surface area contributed by atoms with Gasteiger partial charge in [-0.05, 0) is 69.7 Å². The fraction of sp³-hybridized carbons (Fsp3) is 0.452. The Morgan fingerprint density at radius 1 is 1.16 bits per heavy atom. The minimum absolute atomic E-state index is 0.164. The topological polar surface area (TPSA) is 86.9 Å². The van der Waals surface area contributed by atoms with Crippen LogP contribution in [0.1, 0.15) is 79.3 Å². The zero-order valence-corrected chi connectivity index (χ0v) is 25.6. The molecule has 2 aromatic heterocycles. The predicted molar refractivity (Wildman–Crippen MR) is 161 cm³/mol. The van der Waals surface area contributed by atoms with E-state index in [-0.39, 0.29) is 35.7 Å². The van der Waals surface area contributed by atoms with Gasteiger partial charge in [-0.1, -0.05) is 45.8 Å². The van der Waals surface area contributed by atoms with E-state index in [1.807, 2.05) is 0 Å². The second-order valence-corrected chi connectivity index (χ2v) is 13.7. The summed E-state index contributed by atoms with van der Waals surface area (Å²) in [7, 11) is 0. The molecule has 3 saturated heterocycles. The van der Waals surface area contributed by atoms with Gasteiger partial charge in [0.2, 0.25) is 0 Å². The predicted octanol–water partition coefficient (Wildman–Crippen LogP) is 8.07. The summed E-state index contributed by atoms with van der Waals surface area (Å²) < 4.78 is 39.8. The second-order valence-electron chi connectivity index (χ2n) is 11.8. The van der Waals surface area contributed by atoms with Crippen LogP contribution in [0, 0.1) is 5.82 Å². The molecule has 4 fully saturated rings. The molecule has 5 heterocycles. The molecule has 3 atom stereocenters. The summed E-state index contributed by atoms with van der Waals surface area (Å²) >= 11 is 14.6. The van der Waals surface area contributed by atoms with Gasteiger partial charge in [0.05, 0.1) is 44.7 Å². The Morgan fingerprint density at radius 3 is 2.60 bits per heavy atom. The highest BCUT2D eigenvalue weighted by atomic mass is 35.5. The maximum atomic E-state index is 15.0. The number of nitrogens with zero attached hydrogens (tertiary/aromatic N) is 3. The van der Waals surface area contributed by atoms with E-state index in [4.69, 9.17) is 46.9 Å². The standard InChI is InChI=1S/C31H28Cl2FN3O5S/c1-2-39-28(38)16-10-21(34)25-22(11-16)43-30(35-25)37-17-8-9-18(37)13-31(12-17)14-40-29(41-31)24-26(36-42-27(24)15-6-7-15)23-19(32)4-3-5-20(23)33/h3-5,10-11,15,17-18,29H,2,6-9,12-14H2,1H3. The average Bonchev–Trinajstić information content (AvgIpc) is 3.26. The molecule has 4 aromatic rings. The lowest BCUT2D eigenvalue weighted by molar-refractivity contribution is -0.104. The lowest BCUT2D eigenvalue weighted by atomic mass is 9.87. The van der Waals surface area contributed by atoms with Gasteiger partial charge < -0.3 is 23.6 Å². The number of benzene rings is 2. The van der Waals surface area contributed by atoms with Crippen molar-refractivity contribution in [3.63, 3.8) is 0 Å². The van der Waals surface area contributed by atoms with Gasteiger partial charge in [0.25, 0.3) is 0 Å². The van der Waals surface area contributed by atoms with Crippen LogP contribution in [-0.2, 0) is 14.2 Å². The van der Waals surface area contributed by atoms with Crippen molar-refractivity contribution in [3.8, 4) is 11.3 Å². The molecule has 1 saturated carbocycles. The van der Waals surface area contributed by atoms with Crippen molar-refractivity contribution in [1.82, 2.24) is 10.1 Å². The Kier molecular flexibility index (Phi) is 6.72. The van der Waals surface area contributed by atoms with Crippen LogP contribution in [0.15, 0.2) is 34.9 Å². The highest BCUT2D eigenvalue weighted by molar-refractivity contribution is 7.22. The van der Waals surface area contributed by atoms with Crippen LogP contribution in [0.3, 0.4) is 0 Å². The Bertz CT molecular complexity index is 1720. The molecular formula is C31H28Cl2FN3O5S. The number of piperidine rings is 1. The minimum atomic E-state index is -0.645. The molecule has 1 spiro atoms. The van der Waals surface area contributed by atoms with Crippen LogP contribution in [0.5, 0.6) is 0 Å². The van der Waals surface area contributed by atoms with Gasteiger partial charge in [-0.15, -0.1) is 0 Å². The maximum Gasteiger partial charge on any atom is 0.338 e. The van der Waals surface area contributed by atoms with Crippen molar-refractivity contribution in [3.05, 3.63) is 63.1 Å². The van der Waals surface area contributed by atoms with Crippen LogP contribution in [0.25, 0.3) is 21.5 Å². The van der Waals surface area contributed by atoms with Gasteiger partial charge in [-0.25, -0.2) is 14.2 Å². The van der Waals surface area contributed by atoms with Crippen molar-refractivity contribution in [2.75, 3.05) is 18.1 Å². The summed E-state index contributed by atoms with van der Waals surface area (Å²) in [5.74, 6) is 0.00728. The number of rotatable bonds is 6. The molecule has 0 amide bonds. The summed E-state index contributed by atoms with van der Waals surface area (Å²) in [5, 5.41) is 6.16. The molecule has 4 aliphatic rings. The van der Waals surface area contributed by atoms with E-state index in [2.05, 4.69) is 10.1 Å². The first-order valence-electron chi connectivity index (χ1n) is 14.6. The number of thiazole rings is 1. The normalized spacial score (nSPS) is 26.6. The lowest BCUT2D eigenvalue weighted by Gasteiger charge is -2.43. The molecule has 2 aromatic carbocycles.